The minimum atomic E-state index is -1.36. The Bertz CT molecular complexity index is 509. The van der Waals surface area contributed by atoms with Crippen molar-refractivity contribution in [3.8, 4) is 0 Å². The van der Waals surface area contributed by atoms with Gasteiger partial charge in [0, 0.05) is 3.57 Å². The number of rotatable bonds is 1. The highest BCUT2D eigenvalue weighted by Crippen LogP contribution is 2.12. The van der Waals surface area contributed by atoms with E-state index >= 15 is 0 Å². The second-order valence-electron chi connectivity index (χ2n) is 2.90. The predicted octanol–water partition coefficient (Wildman–Crippen LogP) is 0.880. The lowest BCUT2D eigenvalue weighted by Gasteiger charge is -2.05. The van der Waals surface area contributed by atoms with Crippen LogP contribution in [0.25, 0.3) is 0 Å². The largest absolute Gasteiger partial charge is 0.430 e. The Morgan fingerprint density at radius 3 is 2.50 bits per heavy atom. The van der Waals surface area contributed by atoms with Gasteiger partial charge in [-0.2, -0.15) is 0 Å². The molecule has 0 radical (unpaired) electrons. The van der Waals surface area contributed by atoms with Crippen molar-refractivity contribution in [1.29, 1.82) is 0 Å². The van der Waals surface area contributed by atoms with Crippen LogP contribution in [0.1, 0.15) is 10.4 Å². The van der Waals surface area contributed by atoms with Gasteiger partial charge in [0.25, 0.3) is 5.91 Å². The SMILES string of the molecule is NNC(=O)OC(=O)NC(=O)c1ccc(I)cc1F. The number of amides is 3. The summed E-state index contributed by atoms with van der Waals surface area (Å²) in [6.45, 7) is 0. The molecule has 0 heterocycles. The van der Waals surface area contributed by atoms with E-state index in [0.717, 1.165) is 6.07 Å². The zero-order chi connectivity index (χ0) is 13.7. The second-order valence-corrected chi connectivity index (χ2v) is 4.15. The maximum absolute atomic E-state index is 13.4. The molecule has 9 heteroatoms. The van der Waals surface area contributed by atoms with E-state index in [2.05, 4.69) is 10.6 Å². The van der Waals surface area contributed by atoms with Gasteiger partial charge in [0.1, 0.15) is 5.82 Å². The molecule has 1 aromatic rings. The van der Waals surface area contributed by atoms with Crippen molar-refractivity contribution >= 4 is 40.7 Å². The zero-order valence-corrected chi connectivity index (χ0v) is 10.9. The predicted molar refractivity (Wildman–Crippen MR) is 65.8 cm³/mol. The van der Waals surface area contributed by atoms with Crippen molar-refractivity contribution in [2.45, 2.75) is 0 Å². The number of nitrogens with two attached hydrogens (primary N) is 1. The molecule has 0 spiro atoms. The van der Waals surface area contributed by atoms with E-state index in [0.29, 0.717) is 3.57 Å². The zero-order valence-electron chi connectivity index (χ0n) is 8.70. The minimum Gasteiger partial charge on any atom is -0.358 e. The van der Waals surface area contributed by atoms with Crippen LogP contribution in [0.2, 0.25) is 0 Å². The summed E-state index contributed by atoms with van der Waals surface area (Å²) in [5.74, 6) is 2.83. The van der Waals surface area contributed by atoms with E-state index in [1.807, 2.05) is 22.6 Å². The molecule has 0 aromatic heterocycles. The molecule has 18 heavy (non-hydrogen) atoms. The van der Waals surface area contributed by atoms with Gasteiger partial charge >= 0.3 is 12.2 Å². The normalized spacial score (nSPS) is 9.50. The van der Waals surface area contributed by atoms with Crippen LogP contribution in [-0.4, -0.2) is 18.1 Å². The summed E-state index contributed by atoms with van der Waals surface area (Å²) in [6, 6.07) is 3.80. The third-order valence-electron chi connectivity index (χ3n) is 1.69. The number of benzene rings is 1. The van der Waals surface area contributed by atoms with Crippen LogP contribution in [0.5, 0.6) is 0 Å². The van der Waals surface area contributed by atoms with Crippen LogP contribution in [0.15, 0.2) is 18.2 Å². The Morgan fingerprint density at radius 2 is 1.94 bits per heavy atom. The molecular formula is C9H7FIN3O4. The van der Waals surface area contributed by atoms with Gasteiger partial charge in [0.2, 0.25) is 0 Å². The third kappa shape index (κ3) is 3.92. The van der Waals surface area contributed by atoms with Crippen LogP contribution >= 0.6 is 22.6 Å². The van der Waals surface area contributed by atoms with Gasteiger partial charge in [-0.05, 0) is 40.8 Å². The molecule has 1 aromatic carbocycles. The van der Waals surface area contributed by atoms with Crippen LogP contribution in [0.4, 0.5) is 14.0 Å². The van der Waals surface area contributed by atoms with Gasteiger partial charge in [-0.15, -0.1) is 0 Å². The Kier molecular flexibility index (Phi) is 4.97. The monoisotopic (exact) mass is 367 g/mol. The molecule has 0 aliphatic carbocycles. The van der Waals surface area contributed by atoms with Crippen LogP contribution in [-0.2, 0) is 4.74 Å². The molecule has 0 aliphatic heterocycles. The van der Waals surface area contributed by atoms with Crippen molar-refractivity contribution < 1.29 is 23.5 Å². The lowest BCUT2D eigenvalue weighted by atomic mass is 10.2. The summed E-state index contributed by atoms with van der Waals surface area (Å²) in [4.78, 5) is 33.0. The van der Waals surface area contributed by atoms with Crippen molar-refractivity contribution in [1.82, 2.24) is 10.7 Å². The Balaban J connectivity index is 2.71. The fourth-order valence-electron chi connectivity index (χ4n) is 0.973. The van der Waals surface area contributed by atoms with Crippen molar-refractivity contribution in [2.24, 2.45) is 5.84 Å². The van der Waals surface area contributed by atoms with E-state index in [1.54, 1.807) is 5.32 Å². The molecule has 7 nitrogen and oxygen atoms in total. The first-order valence-electron chi connectivity index (χ1n) is 4.43. The Labute approximate surface area is 114 Å². The Hall–Kier alpha value is -1.75. The molecule has 0 atom stereocenters. The summed E-state index contributed by atoms with van der Waals surface area (Å²) >= 11 is 1.86. The number of carbonyl (C=O) groups is 3. The van der Waals surface area contributed by atoms with E-state index in [-0.39, 0.29) is 5.56 Å². The highest BCUT2D eigenvalue weighted by atomic mass is 127. The molecule has 1 rings (SSSR count). The number of alkyl carbamates (subject to hydrolysis) is 1. The van der Waals surface area contributed by atoms with Crippen LogP contribution in [0.3, 0.4) is 0 Å². The summed E-state index contributed by atoms with van der Waals surface area (Å²) in [5.41, 5.74) is 1.17. The number of ether oxygens (including phenoxy) is 1. The van der Waals surface area contributed by atoms with E-state index in [4.69, 9.17) is 0 Å². The van der Waals surface area contributed by atoms with Crippen molar-refractivity contribution in [3.63, 3.8) is 0 Å². The van der Waals surface area contributed by atoms with E-state index in [9.17, 15) is 18.8 Å². The number of carbonyl (C=O) groups excluding carboxylic acids is 3. The summed E-state index contributed by atoms with van der Waals surface area (Å²) < 4.78 is 17.9. The fourth-order valence-corrected chi connectivity index (χ4v) is 1.43. The number of hydrogen-bond donors (Lipinski definition) is 3. The molecule has 96 valence electrons. The second kappa shape index (κ2) is 6.26. The van der Waals surface area contributed by atoms with Crippen molar-refractivity contribution in [2.75, 3.05) is 0 Å². The average Bonchev–Trinajstić information content (AvgIpc) is 2.28. The third-order valence-corrected chi connectivity index (χ3v) is 2.37. The first kappa shape index (κ1) is 14.3. The standard InChI is InChI=1S/C9H7FIN3O4/c10-6-3-4(11)1-2-5(6)7(15)13-8(16)18-9(17)14-12/h1-3H,12H2,(H,14,17)(H,13,15,16). The molecule has 0 aliphatic rings. The molecule has 3 amide bonds. The van der Waals surface area contributed by atoms with Gasteiger partial charge in [0.05, 0.1) is 5.56 Å². The van der Waals surface area contributed by atoms with E-state index in [1.165, 1.54) is 17.6 Å². The maximum atomic E-state index is 13.4. The topological polar surface area (TPSA) is 111 Å². The first-order valence-corrected chi connectivity index (χ1v) is 5.50. The summed E-state index contributed by atoms with van der Waals surface area (Å²) in [6.07, 6.45) is -2.61. The van der Waals surface area contributed by atoms with E-state index < -0.39 is 23.9 Å². The first-order chi connectivity index (χ1) is 8.43. The maximum Gasteiger partial charge on any atom is 0.430 e. The summed E-state index contributed by atoms with van der Waals surface area (Å²) in [5, 5.41) is 1.66. The quantitative estimate of drug-likeness (QED) is 0.224. The average molecular weight is 367 g/mol. The van der Waals surface area contributed by atoms with Gasteiger partial charge in [0.15, 0.2) is 0 Å². The molecule has 0 fully saturated rings. The van der Waals surface area contributed by atoms with Gasteiger partial charge in [-0.1, -0.05) is 0 Å². The summed E-state index contributed by atoms with van der Waals surface area (Å²) in [7, 11) is 0. The van der Waals surface area contributed by atoms with Gasteiger partial charge in [-0.25, -0.2) is 19.8 Å². The number of hydrogen-bond acceptors (Lipinski definition) is 5. The molecule has 0 saturated carbocycles. The molecule has 0 unspecified atom stereocenters. The van der Waals surface area contributed by atoms with Crippen LogP contribution in [0, 0.1) is 9.39 Å². The lowest BCUT2D eigenvalue weighted by molar-refractivity contribution is 0.0934. The van der Waals surface area contributed by atoms with Crippen LogP contribution < -0.4 is 16.6 Å². The van der Waals surface area contributed by atoms with Gasteiger partial charge < -0.3 is 4.74 Å². The van der Waals surface area contributed by atoms with Crippen molar-refractivity contribution in [3.05, 3.63) is 33.1 Å². The highest BCUT2D eigenvalue weighted by molar-refractivity contribution is 14.1. The minimum absolute atomic E-state index is 0.347. The number of halogens is 2. The molecule has 4 N–H and O–H groups in total. The Morgan fingerprint density at radius 1 is 1.28 bits per heavy atom. The molecular weight excluding hydrogens is 360 g/mol. The smallest absolute Gasteiger partial charge is 0.358 e. The molecule has 0 saturated heterocycles. The highest BCUT2D eigenvalue weighted by Gasteiger charge is 2.17. The number of imide groups is 1. The number of nitrogens with one attached hydrogen (secondary N) is 2. The van der Waals surface area contributed by atoms with Gasteiger partial charge in [-0.3, -0.25) is 15.5 Å². The lowest BCUT2D eigenvalue weighted by Crippen LogP contribution is -2.38. The number of hydrazine groups is 1. The fraction of sp³-hybridized carbons (Fsp3) is 0. The molecule has 0 bridgehead atoms.